The first-order valence-electron chi connectivity index (χ1n) is 3.34. The standard InChI is InChI=1S/C7H12N2S/c1-3-7(2,8)6-4-10-5-9-6/h4-5H,3,8H2,1-2H3. The van der Waals surface area contributed by atoms with Crippen LogP contribution in [0, 0.1) is 0 Å². The molecule has 0 amide bonds. The molecule has 0 spiro atoms. The summed E-state index contributed by atoms with van der Waals surface area (Å²) in [5, 5.41) is 2.00. The first-order chi connectivity index (χ1) is 4.67. The molecule has 56 valence electrons. The minimum Gasteiger partial charge on any atom is -0.320 e. The van der Waals surface area contributed by atoms with E-state index in [9.17, 15) is 0 Å². The summed E-state index contributed by atoms with van der Waals surface area (Å²) in [5.41, 5.74) is 8.51. The van der Waals surface area contributed by atoms with Gasteiger partial charge in [0.05, 0.1) is 16.7 Å². The highest BCUT2D eigenvalue weighted by molar-refractivity contribution is 7.07. The van der Waals surface area contributed by atoms with Gasteiger partial charge in [-0.1, -0.05) is 6.92 Å². The molecule has 1 atom stereocenters. The van der Waals surface area contributed by atoms with Crippen LogP contribution in [-0.2, 0) is 5.54 Å². The van der Waals surface area contributed by atoms with E-state index in [0.29, 0.717) is 0 Å². The molecule has 1 rings (SSSR count). The molecule has 0 saturated heterocycles. The Morgan fingerprint density at radius 2 is 2.50 bits per heavy atom. The van der Waals surface area contributed by atoms with Gasteiger partial charge in [0.1, 0.15) is 0 Å². The fourth-order valence-corrected chi connectivity index (χ4v) is 1.37. The summed E-state index contributed by atoms with van der Waals surface area (Å²) in [5.74, 6) is 0. The number of thiazole rings is 1. The minimum absolute atomic E-state index is 0.236. The first-order valence-corrected chi connectivity index (χ1v) is 4.28. The van der Waals surface area contributed by atoms with Gasteiger partial charge in [-0.3, -0.25) is 0 Å². The Bertz CT molecular complexity index is 191. The van der Waals surface area contributed by atoms with Crippen molar-refractivity contribution in [2.24, 2.45) is 5.73 Å². The molecule has 0 radical (unpaired) electrons. The van der Waals surface area contributed by atoms with E-state index in [1.807, 2.05) is 17.8 Å². The molecule has 10 heavy (non-hydrogen) atoms. The Hall–Kier alpha value is -0.410. The van der Waals surface area contributed by atoms with Gasteiger partial charge < -0.3 is 5.73 Å². The number of aromatic nitrogens is 1. The lowest BCUT2D eigenvalue weighted by molar-refractivity contribution is 0.464. The van der Waals surface area contributed by atoms with Gasteiger partial charge in [-0.2, -0.15) is 0 Å². The molecule has 1 unspecified atom stereocenters. The number of hydrogen-bond acceptors (Lipinski definition) is 3. The van der Waals surface area contributed by atoms with E-state index < -0.39 is 0 Å². The van der Waals surface area contributed by atoms with E-state index in [0.717, 1.165) is 12.1 Å². The van der Waals surface area contributed by atoms with E-state index >= 15 is 0 Å². The maximum absolute atomic E-state index is 5.93. The van der Waals surface area contributed by atoms with Crippen LogP contribution in [0.5, 0.6) is 0 Å². The molecule has 1 heterocycles. The minimum atomic E-state index is -0.236. The van der Waals surface area contributed by atoms with Gasteiger partial charge in [0.15, 0.2) is 0 Å². The molecular weight excluding hydrogens is 144 g/mol. The van der Waals surface area contributed by atoms with Crippen molar-refractivity contribution < 1.29 is 0 Å². The zero-order chi connectivity index (χ0) is 7.61. The fraction of sp³-hybridized carbons (Fsp3) is 0.571. The predicted octanol–water partition coefficient (Wildman–Crippen LogP) is 1.73. The van der Waals surface area contributed by atoms with Crippen LogP contribution in [0.15, 0.2) is 10.9 Å². The van der Waals surface area contributed by atoms with Crippen LogP contribution in [0.1, 0.15) is 26.0 Å². The van der Waals surface area contributed by atoms with E-state index in [1.54, 1.807) is 11.3 Å². The van der Waals surface area contributed by atoms with Gasteiger partial charge in [-0.05, 0) is 13.3 Å². The SMILES string of the molecule is CCC(C)(N)c1cscn1. The van der Waals surface area contributed by atoms with Crippen LogP contribution < -0.4 is 5.73 Å². The Balaban J connectivity index is 2.85. The van der Waals surface area contributed by atoms with E-state index in [4.69, 9.17) is 5.73 Å². The highest BCUT2D eigenvalue weighted by Crippen LogP contribution is 2.20. The number of nitrogens with zero attached hydrogens (tertiary/aromatic N) is 1. The van der Waals surface area contributed by atoms with Crippen molar-refractivity contribution in [1.82, 2.24) is 4.98 Å². The molecular formula is C7H12N2S. The predicted molar refractivity (Wildman–Crippen MR) is 43.9 cm³/mol. The van der Waals surface area contributed by atoms with E-state index in [2.05, 4.69) is 11.9 Å². The van der Waals surface area contributed by atoms with Gasteiger partial charge >= 0.3 is 0 Å². The smallest absolute Gasteiger partial charge is 0.0795 e. The molecule has 1 aromatic heterocycles. The van der Waals surface area contributed by atoms with Gasteiger partial charge in [0, 0.05) is 5.38 Å². The molecule has 0 bridgehead atoms. The van der Waals surface area contributed by atoms with Crippen LogP contribution in [0.25, 0.3) is 0 Å². The highest BCUT2D eigenvalue weighted by atomic mass is 32.1. The van der Waals surface area contributed by atoms with Crippen molar-refractivity contribution in [2.75, 3.05) is 0 Å². The summed E-state index contributed by atoms with van der Waals surface area (Å²) in [7, 11) is 0. The highest BCUT2D eigenvalue weighted by Gasteiger charge is 2.19. The van der Waals surface area contributed by atoms with Crippen LogP contribution in [0.4, 0.5) is 0 Å². The van der Waals surface area contributed by atoms with Crippen LogP contribution in [0.3, 0.4) is 0 Å². The van der Waals surface area contributed by atoms with E-state index in [-0.39, 0.29) is 5.54 Å². The molecule has 2 nitrogen and oxygen atoms in total. The molecule has 0 aromatic carbocycles. The second-order valence-electron chi connectivity index (χ2n) is 2.64. The van der Waals surface area contributed by atoms with Crippen LogP contribution >= 0.6 is 11.3 Å². The summed E-state index contributed by atoms with van der Waals surface area (Å²) in [6, 6.07) is 0. The third-order valence-electron chi connectivity index (χ3n) is 1.75. The topological polar surface area (TPSA) is 38.9 Å². The second-order valence-corrected chi connectivity index (χ2v) is 3.36. The van der Waals surface area contributed by atoms with Crippen LogP contribution in [0.2, 0.25) is 0 Å². The maximum Gasteiger partial charge on any atom is 0.0795 e. The largest absolute Gasteiger partial charge is 0.320 e. The first kappa shape index (κ1) is 7.69. The monoisotopic (exact) mass is 156 g/mol. The van der Waals surface area contributed by atoms with Gasteiger partial charge in [-0.15, -0.1) is 11.3 Å². The molecule has 0 aliphatic carbocycles. The normalized spacial score (nSPS) is 16.7. The molecule has 3 heteroatoms. The molecule has 0 fully saturated rings. The Labute approximate surface area is 65.1 Å². The second kappa shape index (κ2) is 2.68. The number of hydrogen-bond donors (Lipinski definition) is 1. The zero-order valence-electron chi connectivity index (χ0n) is 6.29. The third kappa shape index (κ3) is 1.36. The Kier molecular flexibility index (Phi) is 2.06. The number of rotatable bonds is 2. The molecule has 0 aliphatic rings. The van der Waals surface area contributed by atoms with Crippen LogP contribution in [-0.4, -0.2) is 4.98 Å². The molecule has 2 N–H and O–H groups in total. The summed E-state index contributed by atoms with van der Waals surface area (Å²) in [6.45, 7) is 4.07. The lowest BCUT2D eigenvalue weighted by Crippen LogP contribution is -2.32. The summed E-state index contributed by atoms with van der Waals surface area (Å²) < 4.78 is 0. The molecule has 0 saturated carbocycles. The summed E-state index contributed by atoms with van der Waals surface area (Å²) >= 11 is 1.59. The van der Waals surface area contributed by atoms with Crippen molar-refractivity contribution in [3.63, 3.8) is 0 Å². The summed E-state index contributed by atoms with van der Waals surface area (Å²) in [4.78, 5) is 4.15. The number of nitrogens with two attached hydrogens (primary N) is 1. The quantitative estimate of drug-likeness (QED) is 0.708. The lowest BCUT2D eigenvalue weighted by Gasteiger charge is -2.19. The van der Waals surface area contributed by atoms with Crippen molar-refractivity contribution >= 4 is 11.3 Å². The lowest BCUT2D eigenvalue weighted by atomic mass is 9.97. The molecule has 1 aromatic rings. The van der Waals surface area contributed by atoms with Gasteiger partial charge in [-0.25, -0.2) is 4.98 Å². The Morgan fingerprint density at radius 1 is 1.80 bits per heavy atom. The van der Waals surface area contributed by atoms with Crippen molar-refractivity contribution in [3.8, 4) is 0 Å². The van der Waals surface area contributed by atoms with Crippen molar-refractivity contribution in [3.05, 3.63) is 16.6 Å². The van der Waals surface area contributed by atoms with Gasteiger partial charge in [0.25, 0.3) is 0 Å². The third-order valence-corrected chi connectivity index (χ3v) is 2.34. The van der Waals surface area contributed by atoms with E-state index in [1.165, 1.54) is 0 Å². The Morgan fingerprint density at radius 3 is 2.90 bits per heavy atom. The zero-order valence-corrected chi connectivity index (χ0v) is 7.11. The average Bonchev–Trinajstić information content (AvgIpc) is 2.38. The van der Waals surface area contributed by atoms with Crippen molar-refractivity contribution in [1.29, 1.82) is 0 Å². The van der Waals surface area contributed by atoms with Crippen molar-refractivity contribution in [2.45, 2.75) is 25.8 Å². The average molecular weight is 156 g/mol. The molecule has 0 aliphatic heterocycles. The maximum atomic E-state index is 5.93. The fourth-order valence-electron chi connectivity index (χ4n) is 0.676. The summed E-state index contributed by atoms with van der Waals surface area (Å²) in [6.07, 6.45) is 0.927. The van der Waals surface area contributed by atoms with Gasteiger partial charge in [0.2, 0.25) is 0 Å².